The first-order valence-electron chi connectivity index (χ1n) is 8.68. The molecule has 8 heteroatoms. The first-order valence-corrected chi connectivity index (χ1v) is 8.68. The van der Waals surface area contributed by atoms with Gasteiger partial charge in [-0.25, -0.2) is 0 Å². The fraction of sp³-hybridized carbons (Fsp3) is 0.500. The molecule has 0 radical (unpaired) electrons. The minimum absolute atomic E-state index is 0. The van der Waals surface area contributed by atoms with Crippen LogP contribution in [-0.4, -0.2) is 83.4 Å². The molecular weight excluding hydrogens is 358 g/mol. The van der Waals surface area contributed by atoms with Gasteiger partial charge < -0.3 is 10.0 Å². The summed E-state index contributed by atoms with van der Waals surface area (Å²) in [6, 6.07) is 6.81. The summed E-state index contributed by atoms with van der Waals surface area (Å²) >= 11 is 0. The van der Waals surface area contributed by atoms with E-state index in [1.807, 2.05) is 4.90 Å². The van der Waals surface area contributed by atoms with E-state index in [1.54, 1.807) is 24.3 Å². The number of aliphatic hydroxyl groups excluding tert-OH is 1. The van der Waals surface area contributed by atoms with Crippen molar-refractivity contribution in [2.45, 2.75) is 12.8 Å². The normalized spacial score (nSPS) is 17.3. The highest BCUT2D eigenvalue weighted by Crippen LogP contribution is 2.22. The van der Waals surface area contributed by atoms with E-state index in [4.69, 9.17) is 5.11 Å². The number of benzene rings is 1. The Morgan fingerprint density at radius 3 is 2.08 bits per heavy atom. The maximum absolute atomic E-state index is 12.3. The van der Waals surface area contributed by atoms with Gasteiger partial charge in [-0.15, -0.1) is 12.4 Å². The van der Waals surface area contributed by atoms with Crippen molar-refractivity contribution < 1.29 is 19.5 Å². The zero-order chi connectivity index (χ0) is 17.8. The van der Waals surface area contributed by atoms with Crippen molar-refractivity contribution in [1.29, 1.82) is 0 Å². The molecule has 142 valence electrons. The molecule has 1 fully saturated rings. The molecule has 0 saturated carbocycles. The standard InChI is InChI=1S/C18H23N3O4.ClH/c22-13-12-19-8-10-20(11-9-19)16(23)6-3-7-21-17(24)14-4-1-2-5-15(14)18(21)25;/h1-2,4-5,22H,3,6-13H2;1H. The maximum Gasteiger partial charge on any atom is 0.261 e. The van der Waals surface area contributed by atoms with Crippen LogP contribution in [0.5, 0.6) is 0 Å². The Morgan fingerprint density at radius 1 is 0.962 bits per heavy atom. The van der Waals surface area contributed by atoms with Crippen molar-refractivity contribution in [3.05, 3.63) is 35.4 Å². The number of halogens is 1. The van der Waals surface area contributed by atoms with Crippen molar-refractivity contribution in [2.75, 3.05) is 45.9 Å². The van der Waals surface area contributed by atoms with Gasteiger partial charge in [0, 0.05) is 45.7 Å². The van der Waals surface area contributed by atoms with Gasteiger partial charge in [0.25, 0.3) is 11.8 Å². The largest absolute Gasteiger partial charge is 0.395 e. The molecule has 2 heterocycles. The Bertz CT molecular complexity index is 639. The number of fused-ring (bicyclic) bond motifs is 1. The number of imide groups is 1. The van der Waals surface area contributed by atoms with Crippen LogP contribution in [0.3, 0.4) is 0 Å². The van der Waals surface area contributed by atoms with Crippen LogP contribution >= 0.6 is 12.4 Å². The molecule has 0 aliphatic carbocycles. The van der Waals surface area contributed by atoms with E-state index in [0.29, 0.717) is 43.6 Å². The van der Waals surface area contributed by atoms with Gasteiger partial charge in [0.05, 0.1) is 17.7 Å². The number of aliphatic hydroxyl groups is 1. The summed E-state index contributed by atoms with van der Waals surface area (Å²) in [7, 11) is 0. The minimum Gasteiger partial charge on any atom is -0.395 e. The first kappa shape index (κ1) is 20.4. The van der Waals surface area contributed by atoms with E-state index in [1.165, 1.54) is 4.90 Å². The van der Waals surface area contributed by atoms with Crippen LogP contribution in [-0.2, 0) is 4.79 Å². The predicted molar refractivity (Wildman–Crippen MR) is 98.4 cm³/mol. The quantitative estimate of drug-likeness (QED) is 0.731. The molecule has 0 spiro atoms. The zero-order valence-electron chi connectivity index (χ0n) is 14.6. The summed E-state index contributed by atoms with van der Waals surface area (Å²) in [5.74, 6) is -0.489. The number of hydrogen-bond acceptors (Lipinski definition) is 5. The van der Waals surface area contributed by atoms with Crippen LogP contribution in [0.15, 0.2) is 24.3 Å². The Morgan fingerprint density at radius 2 is 1.54 bits per heavy atom. The highest BCUT2D eigenvalue weighted by molar-refractivity contribution is 6.21. The van der Waals surface area contributed by atoms with Crippen LogP contribution in [0.2, 0.25) is 0 Å². The number of rotatable bonds is 6. The average molecular weight is 382 g/mol. The Kier molecular flexibility index (Phi) is 7.14. The molecule has 26 heavy (non-hydrogen) atoms. The van der Waals surface area contributed by atoms with Gasteiger partial charge >= 0.3 is 0 Å². The second kappa shape index (κ2) is 9.12. The van der Waals surface area contributed by atoms with Gasteiger partial charge in [0.15, 0.2) is 0 Å². The first-order chi connectivity index (χ1) is 12.1. The highest BCUT2D eigenvalue weighted by atomic mass is 35.5. The Hall–Kier alpha value is -1.96. The monoisotopic (exact) mass is 381 g/mol. The summed E-state index contributed by atoms with van der Waals surface area (Å²) in [6.07, 6.45) is 0.800. The molecule has 1 aromatic carbocycles. The minimum atomic E-state index is -0.273. The second-order valence-electron chi connectivity index (χ2n) is 6.36. The van der Waals surface area contributed by atoms with Crippen molar-refractivity contribution in [3.8, 4) is 0 Å². The topological polar surface area (TPSA) is 81.2 Å². The average Bonchev–Trinajstić information content (AvgIpc) is 2.88. The molecule has 7 nitrogen and oxygen atoms in total. The van der Waals surface area contributed by atoms with Crippen molar-refractivity contribution in [3.63, 3.8) is 0 Å². The summed E-state index contributed by atoms with van der Waals surface area (Å²) < 4.78 is 0. The summed E-state index contributed by atoms with van der Waals surface area (Å²) in [4.78, 5) is 42.0. The van der Waals surface area contributed by atoms with Crippen LogP contribution < -0.4 is 0 Å². The fourth-order valence-electron chi connectivity index (χ4n) is 3.35. The van der Waals surface area contributed by atoms with E-state index in [-0.39, 0.29) is 43.3 Å². The molecule has 3 rings (SSSR count). The molecule has 1 saturated heterocycles. The number of nitrogens with zero attached hydrogens (tertiary/aromatic N) is 3. The van der Waals surface area contributed by atoms with Gasteiger partial charge in [-0.3, -0.25) is 24.2 Å². The summed E-state index contributed by atoms with van der Waals surface area (Å²) in [6.45, 7) is 3.89. The molecule has 2 aliphatic rings. The molecule has 1 N–H and O–H groups in total. The van der Waals surface area contributed by atoms with Gasteiger partial charge in [0.2, 0.25) is 5.91 Å². The molecule has 0 bridgehead atoms. The lowest BCUT2D eigenvalue weighted by Crippen LogP contribution is -2.49. The third-order valence-electron chi connectivity index (χ3n) is 4.79. The second-order valence-corrected chi connectivity index (χ2v) is 6.36. The number of carbonyl (C=O) groups excluding carboxylic acids is 3. The predicted octanol–water partition coefficient (Wildman–Crippen LogP) is 0.621. The van der Waals surface area contributed by atoms with E-state index in [0.717, 1.165) is 13.1 Å². The highest BCUT2D eigenvalue weighted by Gasteiger charge is 2.34. The van der Waals surface area contributed by atoms with Crippen LogP contribution in [0.25, 0.3) is 0 Å². The van der Waals surface area contributed by atoms with Crippen molar-refractivity contribution in [1.82, 2.24) is 14.7 Å². The molecule has 1 aromatic rings. The number of amides is 3. The maximum atomic E-state index is 12.3. The Labute approximate surface area is 159 Å². The number of hydrogen-bond donors (Lipinski definition) is 1. The SMILES string of the molecule is Cl.O=C(CCCN1C(=O)c2ccccc2C1=O)N1CCN(CCO)CC1. The van der Waals surface area contributed by atoms with Crippen LogP contribution in [0.4, 0.5) is 0 Å². The Balaban J connectivity index is 0.00000243. The fourth-order valence-corrected chi connectivity index (χ4v) is 3.35. The lowest BCUT2D eigenvalue weighted by atomic mass is 10.1. The lowest BCUT2D eigenvalue weighted by molar-refractivity contribution is -0.133. The van der Waals surface area contributed by atoms with Crippen molar-refractivity contribution in [2.24, 2.45) is 0 Å². The zero-order valence-corrected chi connectivity index (χ0v) is 15.4. The molecule has 0 atom stereocenters. The van der Waals surface area contributed by atoms with Gasteiger partial charge in [0.1, 0.15) is 0 Å². The van der Waals surface area contributed by atoms with Gasteiger partial charge in [-0.05, 0) is 18.6 Å². The molecule has 0 aromatic heterocycles. The molecule has 2 aliphatic heterocycles. The molecular formula is C18H24ClN3O4. The van der Waals surface area contributed by atoms with Gasteiger partial charge in [-0.1, -0.05) is 12.1 Å². The lowest BCUT2D eigenvalue weighted by Gasteiger charge is -2.34. The number of piperazine rings is 1. The van der Waals surface area contributed by atoms with Gasteiger partial charge in [-0.2, -0.15) is 0 Å². The molecule has 0 unspecified atom stereocenters. The number of carbonyl (C=O) groups is 3. The number of β-amino-alcohol motifs (C(OH)–C–C–N with tert-alkyl or cyclic N) is 1. The molecule has 3 amide bonds. The van der Waals surface area contributed by atoms with E-state index in [2.05, 4.69) is 4.90 Å². The van der Waals surface area contributed by atoms with E-state index >= 15 is 0 Å². The third-order valence-corrected chi connectivity index (χ3v) is 4.79. The third kappa shape index (κ3) is 4.23. The summed E-state index contributed by atoms with van der Waals surface area (Å²) in [5.41, 5.74) is 0.887. The van der Waals surface area contributed by atoms with Crippen LogP contribution in [0.1, 0.15) is 33.6 Å². The summed E-state index contributed by atoms with van der Waals surface area (Å²) in [5, 5.41) is 8.94. The van der Waals surface area contributed by atoms with Crippen molar-refractivity contribution >= 4 is 30.1 Å². The smallest absolute Gasteiger partial charge is 0.261 e. The van der Waals surface area contributed by atoms with E-state index < -0.39 is 0 Å². The van der Waals surface area contributed by atoms with E-state index in [9.17, 15) is 14.4 Å². The van der Waals surface area contributed by atoms with Crippen LogP contribution in [0, 0.1) is 0 Å².